The van der Waals surface area contributed by atoms with Gasteiger partial charge < -0.3 is 0 Å². The second-order valence-corrected chi connectivity index (χ2v) is 16.2. The van der Waals surface area contributed by atoms with Crippen molar-refractivity contribution in [1.29, 1.82) is 0 Å². The predicted molar refractivity (Wildman–Crippen MR) is 45.6 cm³/mol. The summed E-state index contributed by atoms with van der Waals surface area (Å²) in [4.78, 5) is 0. The summed E-state index contributed by atoms with van der Waals surface area (Å²) in [5.41, 5.74) is 0. The summed E-state index contributed by atoms with van der Waals surface area (Å²) in [6.45, 7) is 9.75. The normalized spacial score (nSPS) is 23.3. The van der Waals surface area contributed by atoms with Crippen LogP contribution in [0.4, 0.5) is 0 Å². The summed E-state index contributed by atoms with van der Waals surface area (Å²) >= 11 is -1.08. The van der Waals surface area contributed by atoms with E-state index < -0.39 is 13.3 Å². The van der Waals surface area contributed by atoms with Gasteiger partial charge in [0, 0.05) is 0 Å². The van der Waals surface area contributed by atoms with Crippen molar-refractivity contribution in [3.05, 3.63) is 0 Å². The minimum atomic E-state index is -1.08. The molecule has 0 unspecified atom stereocenters. The molecule has 0 atom stereocenters. The quantitative estimate of drug-likeness (QED) is 0.581. The van der Waals surface area contributed by atoms with Crippen LogP contribution in [0.25, 0.3) is 0 Å². The zero-order valence-electron chi connectivity index (χ0n) is 7.07. The third-order valence-electron chi connectivity index (χ3n) is 3.13. The van der Waals surface area contributed by atoms with E-state index in [2.05, 4.69) is 27.7 Å². The van der Waals surface area contributed by atoms with Crippen LogP contribution in [0.15, 0.2) is 0 Å². The van der Waals surface area contributed by atoms with E-state index in [9.17, 15) is 0 Å². The van der Waals surface area contributed by atoms with Crippen molar-refractivity contribution >= 4 is 13.3 Å². The van der Waals surface area contributed by atoms with Crippen LogP contribution in [0.1, 0.15) is 27.7 Å². The summed E-state index contributed by atoms with van der Waals surface area (Å²) in [7, 11) is 0. The molecule has 0 amide bonds. The first-order valence-electron chi connectivity index (χ1n) is 4.09. The first-order chi connectivity index (χ1) is 4.09. The minimum absolute atomic E-state index is 1.08. The van der Waals surface area contributed by atoms with Crippen LogP contribution in [-0.2, 0) is 0 Å². The molecular weight excluding hydrogens is 169 g/mol. The van der Waals surface area contributed by atoms with Crippen LogP contribution in [0, 0.1) is 0 Å². The van der Waals surface area contributed by atoms with Crippen LogP contribution >= 0.6 is 0 Å². The molecule has 1 aliphatic heterocycles. The van der Waals surface area contributed by atoms with Gasteiger partial charge in [-0.3, -0.25) is 0 Å². The monoisotopic (exact) mass is 188 g/mol. The van der Waals surface area contributed by atoms with E-state index in [1.165, 1.54) is 0 Å². The van der Waals surface area contributed by atoms with Gasteiger partial charge in [0.25, 0.3) is 0 Å². The maximum atomic E-state index is 2.44. The van der Waals surface area contributed by atoms with E-state index in [0.717, 1.165) is 9.50 Å². The van der Waals surface area contributed by atoms with Gasteiger partial charge in [-0.1, -0.05) is 0 Å². The Hall–Kier alpha value is 0.543. The molecule has 1 heterocycles. The van der Waals surface area contributed by atoms with Gasteiger partial charge in [0.15, 0.2) is 0 Å². The maximum absolute atomic E-state index is 2.44. The molecule has 1 heteroatoms. The average Bonchev–Trinajstić information content (AvgIpc) is 2.40. The fourth-order valence-corrected chi connectivity index (χ4v) is 13.4. The first kappa shape index (κ1) is 7.65. The van der Waals surface area contributed by atoms with Crippen LogP contribution in [0.5, 0.6) is 0 Å². The van der Waals surface area contributed by atoms with Crippen molar-refractivity contribution in [2.75, 3.05) is 0 Å². The molecule has 0 aromatic carbocycles. The van der Waals surface area contributed by atoms with Gasteiger partial charge in [0.2, 0.25) is 0 Å². The van der Waals surface area contributed by atoms with Gasteiger partial charge in [-0.15, -0.1) is 0 Å². The van der Waals surface area contributed by atoms with E-state index in [4.69, 9.17) is 0 Å². The molecule has 1 fully saturated rings. The Morgan fingerprint density at radius 3 is 1.22 bits per heavy atom. The Balaban J connectivity index is 2.52. The Morgan fingerprint density at radius 2 is 1.22 bits per heavy atom. The van der Waals surface area contributed by atoms with Crippen molar-refractivity contribution < 1.29 is 0 Å². The van der Waals surface area contributed by atoms with Crippen LogP contribution in [-0.4, -0.2) is 13.3 Å². The van der Waals surface area contributed by atoms with Gasteiger partial charge in [-0.05, 0) is 0 Å². The van der Waals surface area contributed by atoms with Crippen molar-refractivity contribution in [2.24, 2.45) is 0 Å². The Kier molecular flexibility index (Phi) is 1.95. The van der Waals surface area contributed by atoms with Gasteiger partial charge >= 0.3 is 61.0 Å². The zero-order chi connectivity index (χ0) is 7.07. The summed E-state index contributed by atoms with van der Waals surface area (Å²) in [6.07, 6.45) is 0. The summed E-state index contributed by atoms with van der Waals surface area (Å²) in [5, 5.41) is 3.32. The molecule has 0 radical (unpaired) electrons. The summed E-state index contributed by atoms with van der Waals surface area (Å²) in [6, 6.07) is 0. The van der Waals surface area contributed by atoms with E-state index >= 15 is 0 Å². The van der Waals surface area contributed by atoms with Crippen molar-refractivity contribution in [1.82, 2.24) is 0 Å². The molecule has 0 nitrogen and oxygen atoms in total. The Morgan fingerprint density at radius 1 is 0.889 bits per heavy atom. The van der Waals surface area contributed by atoms with Crippen LogP contribution in [0.2, 0.25) is 20.0 Å². The molecule has 0 N–H and O–H groups in total. The van der Waals surface area contributed by atoms with E-state index in [1.807, 2.05) is 0 Å². The Labute approximate surface area is 61.4 Å². The molecule has 0 aromatic heterocycles. The molecule has 0 aliphatic carbocycles. The topological polar surface area (TPSA) is 0 Å². The molecule has 0 spiro atoms. The number of hydrogen-bond donors (Lipinski definition) is 0. The van der Waals surface area contributed by atoms with Gasteiger partial charge in [0.05, 0.1) is 0 Å². The fraction of sp³-hybridized carbons (Fsp3) is 1.00. The third kappa shape index (κ3) is 1.19. The second kappa shape index (κ2) is 2.30. The average molecular weight is 187 g/mol. The molecule has 0 saturated carbocycles. The summed E-state index contributed by atoms with van der Waals surface area (Å²) in [5.74, 6) is 0. The third-order valence-corrected chi connectivity index (χ3v) is 16.2. The predicted octanol–water partition coefficient (Wildman–Crippen LogP) is 3.27. The molecule has 1 aliphatic rings. The van der Waals surface area contributed by atoms with Crippen LogP contribution < -0.4 is 0 Å². The molecular formula is C8H18Ge. The number of hydrogen-bond acceptors (Lipinski definition) is 0. The molecule has 54 valence electrons. The second-order valence-electron chi connectivity index (χ2n) is 4.04. The molecule has 0 bridgehead atoms. The molecule has 9 heavy (non-hydrogen) atoms. The fourth-order valence-electron chi connectivity index (χ4n) is 1.97. The van der Waals surface area contributed by atoms with Crippen LogP contribution in [0.3, 0.4) is 0 Å². The summed E-state index contributed by atoms with van der Waals surface area (Å²) < 4.78 is 2.18. The van der Waals surface area contributed by atoms with E-state index in [-0.39, 0.29) is 0 Å². The standard InChI is InChI=1S/C8H18Ge/c1-7(2)9(5-6-9)8(3)4/h7-8H,5-6H2,1-4H3. The molecule has 1 saturated heterocycles. The van der Waals surface area contributed by atoms with E-state index in [0.29, 0.717) is 0 Å². The van der Waals surface area contributed by atoms with Gasteiger partial charge in [-0.2, -0.15) is 0 Å². The SMILES string of the molecule is C[CH](C)[Ge]1([CH](C)C)[CH2][CH2]1. The van der Waals surface area contributed by atoms with Gasteiger partial charge in [0.1, 0.15) is 0 Å². The molecule has 0 aromatic rings. The zero-order valence-corrected chi connectivity index (χ0v) is 9.17. The first-order valence-corrected chi connectivity index (χ1v) is 9.48. The number of rotatable bonds is 2. The molecule has 1 rings (SSSR count). The van der Waals surface area contributed by atoms with Crippen molar-refractivity contribution in [2.45, 2.75) is 47.7 Å². The van der Waals surface area contributed by atoms with E-state index in [1.54, 1.807) is 10.5 Å². The van der Waals surface area contributed by atoms with Crippen molar-refractivity contribution in [3.63, 3.8) is 0 Å². The Bertz CT molecular complexity index is 91.1. The van der Waals surface area contributed by atoms with Gasteiger partial charge in [-0.25, -0.2) is 0 Å². The van der Waals surface area contributed by atoms with Crippen molar-refractivity contribution in [3.8, 4) is 0 Å².